The summed E-state index contributed by atoms with van der Waals surface area (Å²) in [4.78, 5) is 27.1. The van der Waals surface area contributed by atoms with E-state index in [4.69, 9.17) is 0 Å². The second-order valence-corrected chi connectivity index (χ2v) is 6.05. The van der Waals surface area contributed by atoms with Gasteiger partial charge in [0.2, 0.25) is 5.91 Å². The molecule has 2 heterocycles. The Morgan fingerprint density at radius 3 is 2.59 bits per heavy atom. The first-order valence-corrected chi connectivity index (χ1v) is 8.38. The number of likely N-dealkylation sites (N-methyl/N-ethyl adjacent to an activating group) is 1. The van der Waals surface area contributed by atoms with Crippen molar-refractivity contribution < 1.29 is 9.18 Å². The van der Waals surface area contributed by atoms with Crippen molar-refractivity contribution in [2.24, 2.45) is 0 Å². The summed E-state index contributed by atoms with van der Waals surface area (Å²) in [5.74, 6) is -0.170. The number of benzene rings is 2. The summed E-state index contributed by atoms with van der Waals surface area (Å²) in [5, 5.41) is 0. The third-order valence-corrected chi connectivity index (χ3v) is 4.28. The van der Waals surface area contributed by atoms with Crippen molar-refractivity contribution in [1.82, 2.24) is 19.5 Å². The highest BCUT2D eigenvalue weighted by molar-refractivity contribution is 5.93. The van der Waals surface area contributed by atoms with Crippen molar-refractivity contribution in [2.45, 2.75) is 6.54 Å². The number of anilines is 1. The predicted molar refractivity (Wildman–Crippen MR) is 101 cm³/mol. The first-order chi connectivity index (χ1) is 13.1. The summed E-state index contributed by atoms with van der Waals surface area (Å²) < 4.78 is 15.6. The van der Waals surface area contributed by atoms with E-state index >= 15 is 0 Å². The van der Waals surface area contributed by atoms with E-state index in [0.717, 1.165) is 5.56 Å². The molecule has 2 aromatic heterocycles. The zero-order valence-corrected chi connectivity index (χ0v) is 14.6. The minimum Gasteiger partial charge on any atom is -0.311 e. The molecule has 0 fully saturated rings. The van der Waals surface area contributed by atoms with Crippen LogP contribution in [0.5, 0.6) is 0 Å². The van der Waals surface area contributed by atoms with Gasteiger partial charge in [0, 0.05) is 12.6 Å². The average Bonchev–Trinajstić information content (AvgIpc) is 3.10. The summed E-state index contributed by atoms with van der Waals surface area (Å²) >= 11 is 0. The quantitative estimate of drug-likeness (QED) is 0.559. The lowest BCUT2D eigenvalue weighted by Crippen LogP contribution is -2.30. The molecular formula is C20H16FN5O. The summed E-state index contributed by atoms with van der Waals surface area (Å²) in [6, 6.07) is 15.7. The molecule has 0 saturated carbocycles. The number of hydrogen-bond donors (Lipinski definition) is 0. The van der Waals surface area contributed by atoms with Crippen LogP contribution in [0.4, 0.5) is 10.1 Å². The van der Waals surface area contributed by atoms with Gasteiger partial charge in [-0.2, -0.15) is 0 Å². The monoisotopic (exact) mass is 361 g/mol. The molecule has 7 heteroatoms. The number of halogens is 1. The Morgan fingerprint density at radius 2 is 1.81 bits per heavy atom. The number of carbonyl (C=O) groups is 1. The molecule has 0 radical (unpaired) electrons. The Kier molecular flexibility index (Phi) is 4.33. The molecule has 27 heavy (non-hydrogen) atoms. The molecule has 0 spiro atoms. The van der Waals surface area contributed by atoms with Gasteiger partial charge in [-0.05, 0) is 12.1 Å². The van der Waals surface area contributed by atoms with Crippen LogP contribution in [0.3, 0.4) is 0 Å². The number of aromatic nitrogens is 4. The van der Waals surface area contributed by atoms with Gasteiger partial charge in [0.15, 0.2) is 11.5 Å². The lowest BCUT2D eigenvalue weighted by molar-refractivity contribution is -0.118. The fourth-order valence-corrected chi connectivity index (χ4v) is 2.81. The zero-order valence-electron chi connectivity index (χ0n) is 14.6. The summed E-state index contributed by atoms with van der Waals surface area (Å²) in [6.45, 7) is -0.00736. The molecule has 0 unspecified atom stereocenters. The lowest BCUT2D eigenvalue weighted by atomic mass is 10.2. The van der Waals surface area contributed by atoms with E-state index in [1.807, 2.05) is 30.3 Å². The fourth-order valence-electron chi connectivity index (χ4n) is 2.81. The Morgan fingerprint density at radius 1 is 1.07 bits per heavy atom. The van der Waals surface area contributed by atoms with Crippen LogP contribution in [0.25, 0.3) is 22.6 Å². The van der Waals surface area contributed by atoms with E-state index in [1.165, 1.54) is 11.0 Å². The number of carbonyl (C=O) groups excluding carboxylic acids is 1. The number of rotatable bonds is 4. The second-order valence-electron chi connectivity index (χ2n) is 6.05. The maximum absolute atomic E-state index is 13.9. The molecule has 0 aliphatic carbocycles. The molecule has 6 nitrogen and oxygen atoms in total. The number of imidazole rings is 1. The van der Waals surface area contributed by atoms with Gasteiger partial charge in [-0.15, -0.1) is 0 Å². The number of para-hydroxylation sites is 1. The smallest absolute Gasteiger partial charge is 0.246 e. The number of hydrogen-bond acceptors (Lipinski definition) is 4. The van der Waals surface area contributed by atoms with Crippen LogP contribution < -0.4 is 4.90 Å². The van der Waals surface area contributed by atoms with Crippen LogP contribution >= 0.6 is 0 Å². The molecule has 4 rings (SSSR count). The van der Waals surface area contributed by atoms with Crippen molar-refractivity contribution >= 4 is 22.8 Å². The lowest BCUT2D eigenvalue weighted by Gasteiger charge is -2.18. The van der Waals surface area contributed by atoms with E-state index < -0.39 is 5.82 Å². The average molecular weight is 361 g/mol. The molecule has 4 aromatic rings. The van der Waals surface area contributed by atoms with Crippen molar-refractivity contribution in [3.05, 3.63) is 72.9 Å². The molecule has 2 aromatic carbocycles. The largest absolute Gasteiger partial charge is 0.311 e. The van der Waals surface area contributed by atoms with Gasteiger partial charge in [0.05, 0.1) is 18.2 Å². The maximum Gasteiger partial charge on any atom is 0.246 e. The zero-order chi connectivity index (χ0) is 18.8. The maximum atomic E-state index is 13.9. The van der Waals surface area contributed by atoms with Crippen LogP contribution in [0.1, 0.15) is 0 Å². The third-order valence-electron chi connectivity index (χ3n) is 4.28. The fraction of sp³-hybridized carbons (Fsp3) is 0.100. The topological polar surface area (TPSA) is 63.9 Å². The number of nitrogens with zero attached hydrogens (tertiary/aromatic N) is 5. The highest BCUT2D eigenvalue weighted by atomic mass is 19.1. The van der Waals surface area contributed by atoms with Crippen LogP contribution in [-0.2, 0) is 11.3 Å². The summed E-state index contributed by atoms with van der Waals surface area (Å²) in [5.41, 5.74) is 2.25. The summed E-state index contributed by atoms with van der Waals surface area (Å²) in [7, 11) is 1.55. The Balaban J connectivity index is 1.64. The van der Waals surface area contributed by atoms with Crippen molar-refractivity contribution in [3.63, 3.8) is 0 Å². The van der Waals surface area contributed by atoms with Crippen molar-refractivity contribution in [2.75, 3.05) is 11.9 Å². The molecular weight excluding hydrogens is 345 g/mol. The normalized spacial score (nSPS) is 10.9. The van der Waals surface area contributed by atoms with Gasteiger partial charge >= 0.3 is 0 Å². The molecule has 0 aliphatic heterocycles. The molecule has 0 aliphatic rings. The van der Waals surface area contributed by atoms with E-state index in [0.29, 0.717) is 17.0 Å². The van der Waals surface area contributed by atoms with Gasteiger partial charge < -0.3 is 9.47 Å². The Bertz CT molecular complexity index is 1110. The third kappa shape index (κ3) is 3.27. The van der Waals surface area contributed by atoms with Crippen LogP contribution in [0.15, 0.2) is 67.1 Å². The van der Waals surface area contributed by atoms with Crippen LogP contribution in [0, 0.1) is 5.82 Å². The number of fused-ring (bicyclic) bond motifs is 1. The van der Waals surface area contributed by atoms with Gasteiger partial charge in [0.1, 0.15) is 17.9 Å². The number of amides is 1. The van der Waals surface area contributed by atoms with Gasteiger partial charge in [-0.3, -0.25) is 4.79 Å². The van der Waals surface area contributed by atoms with E-state index in [9.17, 15) is 9.18 Å². The molecule has 0 saturated heterocycles. The van der Waals surface area contributed by atoms with Crippen molar-refractivity contribution in [1.29, 1.82) is 0 Å². The minimum absolute atomic E-state index is 0.00736. The molecule has 134 valence electrons. The van der Waals surface area contributed by atoms with E-state index in [1.54, 1.807) is 42.3 Å². The molecule has 0 N–H and O–H groups in total. The highest BCUT2D eigenvalue weighted by Crippen LogP contribution is 2.20. The first-order valence-electron chi connectivity index (χ1n) is 8.38. The second kappa shape index (κ2) is 6.95. The first kappa shape index (κ1) is 16.8. The van der Waals surface area contributed by atoms with Gasteiger partial charge in [0.25, 0.3) is 0 Å². The SMILES string of the molecule is CN(C(=O)Cn1cnc2cnc(-c3ccccc3)nc21)c1ccccc1F. The standard InChI is InChI=1S/C20H16FN5O/c1-25(17-10-6-5-9-15(17)21)18(27)12-26-13-23-16-11-22-19(24-20(16)26)14-7-3-2-4-8-14/h2-11,13H,12H2,1H3. The highest BCUT2D eigenvalue weighted by Gasteiger charge is 2.17. The molecule has 1 amide bonds. The Hall–Kier alpha value is -3.61. The molecule has 0 atom stereocenters. The van der Waals surface area contributed by atoms with Crippen LogP contribution in [-0.4, -0.2) is 32.5 Å². The molecule has 0 bridgehead atoms. The van der Waals surface area contributed by atoms with E-state index in [2.05, 4.69) is 15.0 Å². The van der Waals surface area contributed by atoms with Gasteiger partial charge in [-0.1, -0.05) is 42.5 Å². The minimum atomic E-state index is -0.447. The summed E-state index contributed by atoms with van der Waals surface area (Å²) in [6.07, 6.45) is 3.17. The van der Waals surface area contributed by atoms with Crippen molar-refractivity contribution in [3.8, 4) is 11.4 Å². The predicted octanol–water partition coefficient (Wildman–Crippen LogP) is 3.30. The van der Waals surface area contributed by atoms with Gasteiger partial charge in [-0.25, -0.2) is 19.3 Å². The van der Waals surface area contributed by atoms with E-state index in [-0.39, 0.29) is 18.1 Å². The van der Waals surface area contributed by atoms with Crippen LogP contribution in [0.2, 0.25) is 0 Å². The Labute approximate surface area is 154 Å².